The lowest BCUT2D eigenvalue weighted by molar-refractivity contribution is -0.154. The number of anilines is 4. The molecule has 4 N–H and O–H groups in total. The molecule has 304 valence electrons. The normalized spacial score (nSPS) is 13.1. The maximum absolute atomic E-state index is 13.1. The number of rotatable bonds is 15. The third-order valence-electron chi connectivity index (χ3n) is 8.81. The molecule has 3 amide bonds. The molecule has 0 radical (unpaired) electrons. The van der Waals surface area contributed by atoms with Crippen molar-refractivity contribution >= 4 is 64.3 Å². The summed E-state index contributed by atoms with van der Waals surface area (Å²) in [6.45, 7) is -1.85. The van der Waals surface area contributed by atoms with Crippen molar-refractivity contribution < 1.29 is 41.8 Å². The Bertz CT molecular complexity index is 2340. The summed E-state index contributed by atoms with van der Waals surface area (Å²) >= 11 is 6.04. The van der Waals surface area contributed by atoms with E-state index in [1.54, 1.807) is 30.3 Å². The fraction of sp³-hybridized carbons (Fsp3) is 0.220. The van der Waals surface area contributed by atoms with Gasteiger partial charge in [-0.05, 0) is 84.5 Å². The molecule has 1 aliphatic rings. The molecule has 1 aliphatic carbocycles. The van der Waals surface area contributed by atoms with E-state index in [9.17, 15) is 32.3 Å². The van der Waals surface area contributed by atoms with Crippen LogP contribution in [0.15, 0.2) is 108 Å². The van der Waals surface area contributed by atoms with Gasteiger partial charge < -0.3 is 30.7 Å². The van der Waals surface area contributed by atoms with Gasteiger partial charge >= 0.3 is 30.0 Å². The van der Waals surface area contributed by atoms with E-state index in [4.69, 9.17) is 21.1 Å². The molecule has 0 saturated heterocycles. The number of benzene rings is 4. The van der Waals surface area contributed by atoms with Gasteiger partial charge in [-0.2, -0.15) is 28.1 Å². The van der Waals surface area contributed by atoms with Crippen molar-refractivity contribution in [2.75, 3.05) is 36.2 Å². The van der Waals surface area contributed by atoms with Crippen molar-refractivity contribution in [2.45, 2.75) is 37.4 Å². The van der Waals surface area contributed by atoms with E-state index < -0.39 is 48.0 Å². The number of hydrogen-bond donors (Lipinski definition) is 4. The average Bonchev–Trinajstić information content (AvgIpc) is 4.00. The molecule has 0 bridgehead atoms. The number of carbonyl (C=O) groups is 4. The van der Waals surface area contributed by atoms with Crippen LogP contribution in [0, 0.1) is 0 Å². The number of alkyl halides is 3. The van der Waals surface area contributed by atoms with Crippen molar-refractivity contribution in [1.82, 2.24) is 20.3 Å². The van der Waals surface area contributed by atoms with Gasteiger partial charge in [-0.1, -0.05) is 66.2 Å². The van der Waals surface area contributed by atoms with Gasteiger partial charge in [-0.25, -0.2) is 9.79 Å². The number of aliphatic imine (C=N–C) groups is 1. The van der Waals surface area contributed by atoms with Crippen LogP contribution in [0.2, 0.25) is 5.02 Å². The van der Waals surface area contributed by atoms with E-state index in [1.807, 2.05) is 48.5 Å². The van der Waals surface area contributed by atoms with Crippen molar-refractivity contribution in [3.8, 4) is 6.01 Å². The van der Waals surface area contributed by atoms with Crippen LogP contribution in [0.25, 0.3) is 0 Å². The molecule has 4 aromatic carbocycles. The van der Waals surface area contributed by atoms with Crippen LogP contribution in [-0.4, -0.2) is 70.8 Å². The first-order valence-electron chi connectivity index (χ1n) is 18.1. The number of methoxy groups -OCH3 is 1. The molecule has 0 aliphatic heterocycles. The van der Waals surface area contributed by atoms with Gasteiger partial charge in [0, 0.05) is 34.9 Å². The maximum Gasteiger partial charge on any atom is 0.422 e. The van der Waals surface area contributed by atoms with E-state index in [0.717, 1.165) is 23.8 Å². The average molecular weight is 829 g/mol. The second-order valence-corrected chi connectivity index (χ2v) is 13.7. The highest BCUT2D eigenvalue weighted by Crippen LogP contribution is 2.48. The Morgan fingerprint density at radius 2 is 1.51 bits per heavy atom. The van der Waals surface area contributed by atoms with E-state index in [2.05, 4.69) is 41.2 Å². The number of nitrogens with one attached hydrogen (secondary N) is 4. The van der Waals surface area contributed by atoms with E-state index in [0.29, 0.717) is 35.7 Å². The molecular weight excluding hydrogens is 793 g/mol. The molecule has 0 atom stereocenters. The molecule has 1 heterocycles. The summed E-state index contributed by atoms with van der Waals surface area (Å²) in [5, 5.41) is 11.6. The molecule has 1 aromatic heterocycles. The Labute approximate surface area is 340 Å². The van der Waals surface area contributed by atoms with Gasteiger partial charge in [0.15, 0.2) is 6.61 Å². The SMILES string of the molecule is COC(=O)/C(CCNC(=O)C(=O)Nc1cccc(Cc2ccccc2)c1)=N\C(=O)c1ccc(Nc2nc(NC3(c4ccc(Cl)cc4)CC3)nc(OCC(F)(F)F)n2)cc1. The number of halogens is 4. The first-order valence-corrected chi connectivity index (χ1v) is 18.4. The summed E-state index contributed by atoms with van der Waals surface area (Å²) in [4.78, 5) is 67.0. The molecule has 59 heavy (non-hydrogen) atoms. The van der Waals surface area contributed by atoms with Crippen molar-refractivity contribution in [3.63, 3.8) is 0 Å². The van der Waals surface area contributed by atoms with Crippen LogP contribution in [0.3, 0.4) is 0 Å². The summed E-state index contributed by atoms with van der Waals surface area (Å²) in [7, 11) is 1.10. The van der Waals surface area contributed by atoms with Crippen LogP contribution in [0.5, 0.6) is 6.01 Å². The number of ether oxygens (including phenoxy) is 2. The summed E-state index contributed by atoms with van der Waals surface area (Å²) < 4.78 is 48.6. The van der Waals surface area contributed by atoms with Crippen molar-refractivity contribution in [3.05, 3.63) is 130 Å². The van der Waals surface area contributed by atoms with Crippen molar-refractivity contribution in [1.29, 1.82) is 0 Å². The highest BCUT2D eigenvalue weighted by Gasteiger charge is 2.45. The Morgan fingerprint density at radius 3 is 2.19 bits per heavy atom. The van der Waals surface area contributed by atoms with Crippen LogP contribution < -0.4 is 26.0 Å². The summed E-state index contributed by atoms with van der Waals surface area (Å²) in [5.41, 5.74) is 2.84. The number of aromatic nitrogens is 3. The number of esters is 1. The van der Waals surface area contributed by atoms with Gasteiger partial charge in [0.1, 0.15) is 5.71 Å². The van der Waals surface area contributed by atoms with Crippen molar-refractivity contribution in [2.24, 2.45) is 4.99 Å². The zero-order chi connectivity index (χ0) is 42.0. The molecular formula is C41H36ClF3N8O6. The van der Waals surface area contributed by atoms with Gasteiger partial charge in [0.25, 0.3) is 5.91 Å². The van der Waals surface area contributed by atoms with Crippen LogP contribution >= 0.6 is 11.6 Å². The third kappa shape index (κ3) is 12.1. The number of amides is 3. The Hall–Kier alpha value is -6.88. The molecule has 1 fully saturated rings. The second-order valence-electron chi connectivity index (χ2n) is 13.3. The standard InChI is InChI=1S/C41H36ClF3N8O6/c1-58-36(57)32(18-21-46-34(55)35(56)47-31-9-5-8-26(23-31)22-25-6-3-2-4-7-25)49-33(54)27-10-16-30(17-11-27)48-37-50-38(52-39(51-37)59-24-41(43,44)45)53-40(19-20-40)28-12-14-29(42)15-13-28/h2-17,23H,18-22,24H2,1H3,(H,46,55)(H,47,56)(H2,48,50,51,52,53)/b49-32-. The lowest BCUT2D eigenvalue weighted by atomic mass is 10.0. The van der Waals surface area contributed by atoms with Gasteiger partial charge in [0.2, 0.25) is 11.9 Å². The minimum Gasteiger partial charge on any atom is -0.465 e. The fourth-order valence-corrected chi connectivity index (χ4v) is 5.89. The number of carbonyl (C=O) groups excluding carboxylic acids is 4. The summed E-state index contributed by atoms with van der Waals surface area (Å²) in [6.07, 6.45) is -2.84. The molecule has 6 rings (SSSR count). The van der Waals surface area contributed by atoms with Gasteiger partial charge in [-0.3, -0.25) is 14.4 Å². The predicted molar refractivity (Wildman–Crippen MR) is 213 cm³/mol. The molecule has 0 spiro atoms. The Kier molecular flexibility index (Phi) is 13.2. The third-order valence-corrected chi connectivity index (χ3v) is 9.06. The minimum atomic E-state index is -4.64. The molecule has 14 nitrogen and oxygen atoms in total. The first-order chi connectivity index (χ1) is 28.3. The molecule has 18 heteroatoms. The molecule has 1 saturated carbocycles. The van der Waals surface area contributed by atoms with E-state index in [1.165, 1.54) is 24.3 Å². The zero-order valence-corrected chi connectivity index (χ0v) is 32.1. The zero-order valence-electron chi connectivity index (χ0n) is 31.3. The second kappa shape index (κ2) is 18.6. The van der Waals surface area contributed by atoms with Crippen LogP contribution in [-0.2, 0) is 31.1 Å². The van der Waals surface area contributed by atoms with Crippen LogP contribution in [0.1, 0.15) is 46.3 Å². The van der Waals surface area contributed by atoms with Gasteiger partial charge in [-0.15, -0.1) is 0 Å². The lowest BCUT2D eigenvalue weighted by Crippen LogP contribution is -2.37. The maximum atomic E-state index is 13.1. The topological polar surface area (TPSA) is 186 Å². The fourth-order valence-electron chi connectivity index (χ4n) is 5.76. The van der Waals surface area contributed by atoms with E-state index in [-0.39, 0.29) is 36.1 Å². The highest BCUT2D eigenvalue weighted by molar-refractivity contribution is 6.40. The lowest BCUT2D eigenvalue weighted by Gasteiger charge is -2.19. The molecule has 5 aromatic rings. The summed E-state index contributed by atoms with van der Waals surface area (Å²) in [6, 6.07) is 29.0. The van der Waals surface area contributed by atoms with Gasteiger partial charge in [0.05, 0.1) is 12.6 Å². The van der Waals surface area contributed by atoms with E-state index >= 15 is 0 Å². The predicted octanol–water partition coefficient (Wildman–Crippen LogP) is 6.80. The Morgan fingerprint density at radius 1 is 0.814 bits per heavy atom. The van der Waals surface area contributed by atoms with Crippen LogP contribution in [0.4, 0.5) is 36.4 Å². The first kappa shape index (κ1) is 41.7. The monoisotopic (exact) mass is 828 g/mol. The quantitative estimate of drug-likeness (QED) is 0.0494. The smallest absolute Gasteiger partial charge is 0.422 e. The highest BCUT2D eigenvalue weighted by atomic mass is 35.5. The largest absolute Gasteiger partial charge is 0.465 e. The minimum absolute atomic E-state index is 0.0373. The Balaban J connectivity index is 1.07. The number of hydrogen-bond acceptors (Lipinski definition) is 11. The number of nitrogens with zero attached hydrogens (tertiary/aromatic N) is 4. The molecule has 0 unspecified atom stereocenters. The summed E-state index contributed by atoms with van der Waals surface area (Å²) in [5.74, 6) is -3.82.